The van der Waals surface area contributed by atoms with Gasteiger partial charge in [0.25, 0.3) is 6.43 Å². The van der Waals surface area contributed by atoms with Crippen molar-refractivity contribution >= 4 is 17.6 Å². The molecule has 16 heavy (non-hydrogen) atoms. The molecule has 0 bridgehead atoms. The van der Waals surface area contributed by atoms with Gasteiger partial charge < -0.3 is 9.72 Å². The SMILES string of the molecule is COC(=O)c1c(CCl)[nH]cc(C(F)F)c1=O. The van der Waals surface area contributed by atoms with E-state index in [1.165, 1.54) is 0 Å². The minimum absolute atomic E-state index is 0.0583. The quantitative estimate of drug-likeness (QED) is 0.659. The molecule has 1 rings (SSSR count). The van der Waals surface area contributed by atoms with Crippen LogP contribution in [-0.4, -0.2) is 18.1 Å². The summed E-state index contributed by atoms with van der Waals surface area (Å²) in [6.07, 6.45) is -2.12. The average molecular weight is 252 g/mol. The van der Waals surface area contributed by atoms with Gasteiger partial charge >= 0.3 is 5.97 Å². The van der Waals surface area contributed by atoms with Crippen LogP contribution in [0.4, 0.5) is 8.78 Å². The van der Waals surface area contributed by atoms with E-state index in [2.05, 4.69) is 9.72 Å². The number of hydrogen-bond donors (Lipinski definition) is 1. The largest absolute Gasteiger partial charge is 0.465 e. The van der Waals surface area contributed by atoms with E-state index in [0.717, 1.165) is 13.3 Å². The Balaban J connectivity index is 3.47. The molecule has 0 amide bonds. The number of carbonyl (C=O) groups excluding carboxylic acids is 1. The summed E-state index contributed by atoms with van der Waals surface area (Å²) in [7, 11) is 1.05. The van der Waals surface area contributed by atoms with Crippen LogP contribution in [0.1, 0.15) is 28.0 Å². The van der Waals surface area contributed by atoms with Crippen LogP contribution in [0.15, 0.2) is 11.0 Å². The van der Waals surface area contributed by atoms with E-state index in [1.807, 2.05) is 0 Å². The summed E-state index contributed by atoms with van der Waals surface area (Å²) in [6.45, 7) is 0. The molecule has 0 radical (unpaired) electrons. The summed E-state index contributed by atoms with van der Waals surface area (Å²) < 4.78 is 29.1. The molecule has 0 saturated carbocycles. The third kappa shape index (κ3) is 2.21. The predicted molar refractivity (Wildman–Crippen MR) is 52.9 cm³/mol. The Morgan fingerprint density at radius 1 is 1.62 bits per heavy atom. The van der Waals surface area contributed by atoms with Gasteiger partial charge in [0.1, 0.15) is 5.56 Å². The zero-order valence-corrected chi connectivity index (χ0v) is 8.98. The summed E-state index contributed by atoms with van der Waals surface area (Å²) in [5.74, 6) is -1.16. The van der Waals surface area contributed by atoms with Crippen LogP contribution in [0.2, 0.25) is 0 Å². The van der Waals surface area contributed by atoms with Crippen molar-refractivity contribution < 1.29 is 18.3 Å². The minimum Gasteiger partial charge on any atom is -0.465 e. The highest BCUT2D eigenvalue weighted by Gasteiger charge is 2.22. The van der Waals surface area contributed by atoms with Crippen LogP contribution in [0.3, 0.4) is 0 Å². The van der Waals surface area contributed by atoms with Gasteiger partial charge in [-0.05, 0) is 0 Å². The third-order valence-corrected chi connectivity index (χ3v) is 2.22. The van der Waals surface area contributed by atoms with Crippen LogP contribution >= 0.6 is 11.6 Å². The third-order valence-electron chi connectivity index (χ3n) is 1.95. The Morgan fingerprint density at radius 3 is 2.69 bits per heavy atom. The van der Waals surface area contributed by atoms with Gasteiger partial charge in [0.15, 0.2) is 0 Å². The van der Waals surface area contributed by atoms with Crippen LogP contribution < -0.4 is 5.43 Å². The summed E-state index contributed by atoms with van der Waals surface area (Å²) >= 11 is 5.47. The monoisotopic (exact) mass is 251 g/mol. The highest BCUT2D eigenvalue weighted by atomic mass is 35.5. The molecule has 1 heterocycles. The number of rotatable bonds is 3. The molecule has 4 nitrogen and oxygen atoms in total. The molecule has 0 atom stereocenters. The lowest BCUT2D eigenvalue weighted by atomic mass is 10.1. The van der Waals surface area contributed by atoms with Gasteiger partial charge in [0.2, 0.25) is 5.43 Å². The Kier molecular flexibility index (Phi) is 4.00. The van der Waals surface area contributed by atoms with Crippen molar-refractivity contribution in [3.8, 4) is 0 Å². The molecule has 88 valence electrons. The average Bonchev–Trinajstić information content (AvgIpc) is 2.26. The van der Waals surface area contributed by atoms with E-state index in [9.17, 15) is 18.4 Å². The first kappa shape index (κ1) is 12.6. The molecule has 0 aliphatic heterocycles. The van der Waals surface area contributed by atoms with Crippen LogP contribution in [0.5, 0.6) is 0 Å². The number of hydrogen-bond acceptors (Lipinski definition) is 3. The maximum Gasteiger partial charge on any atom is 0.343 e. The maximum atomic E-state index is 12.4. The lowest BCUT2D eigenvalue weighted by molar-refractivity contribution is 0.0597. The van der Waals surface area contributed by atoms with Crippen molar-refractivity contribution in [2.24, 2.45) is 0 Å². The molecular weight excluding hydrogens is 244 g/mol. The van der Waals surface area contributed by atoms with Crippen LogP contribution in [0.25, 0.3) is 0 Å². The van der Waals surface area contributed by atoms with Gasteiger partial charge in [0.05, 0.1) is 18.6 Å². The normalized spacial score (nSPS) is 10.6. The van der Waals surface area contributed by atoms with Crippen molar-refractivity contribution in [3.63, 3.8) is 0 Å². The zero-order valence-electron chi connectivity index (χ0n) is 8.22. The van der Waals surface area contributed by atoms with Crippen LogP contribution in [-0.2, 0) is 10.6 Å². The zero-order chi connectivity index (χ0) is 12.3. The molecule has 0 aliphatic carbocycles. The van der Waals surface area contributed by atoms with Crippen molar-refractivity contribution in [2.75, 3.05) is 7.11 Å². The highest BCUT2D eigenvalue weighted by molar-refractivity contribution is 6.17. The van der Waals surface area contributed by atoms with Gasteiger partial charge in [-0.15, -0.1) is 11.6 Å². The molecule has 1 N–H and O–H groups in total. The number of esters is 1. The lowest BCUT2D eigenvalue weighted by Crippen LogP contribution is -2.23. The fraction of sp³-hybridized carbons (Fsp3) is 0.333. The molecule has 0 spiro atoms. The lowest BCUT2D eigenvalue weighted by Gasteiger charge is -2.06. The van der Waals surface area contributed by atoms with Crippen molar-refractivity contribution in [1.29, 1.82) is 0 Å². The van der Waals surface area contributed by atoms with Gasteiger partial charge in [0, 0.05) is 11.9 Å². The summed E-state index contributed by atoms with van der Waals surface area (Å²) in [4.78, 5) is 25.2. The molecular formula is C9H8ClF2NO3. The summed E-state index contributed by atoms with van der Waals surface area (Å²) in [5, 5.41) is 0. The number of aromatic amines is 1. The van der Waals surface area contributed by atoms with E-state index in [0.29, 0.717) is 0 Å². The van der Waals surface area contributed by atoms with E-state index < -0.39 is 29.0 Å². The maximum absolute atomic E-state index is 12.4. The first-order valence-corrected chi connectivity index (χ1v) is 4.73. The fourth-order valence-corrected chi connectivity index (χ4v) is 1.38. The molecule has 0 aromatic carbocycles. The second-order valence-electron chi connectivity index (χ2n) is 2.85. The molecule has 0 unspecified atom stereocenters. The fourth-order valence-electron chi connectivity index (χ4n) is 1.17. The number of aromatic nitrogens is 1. The van der Waals surface area contributed by atoms with Gasteiger partial charge in [-0.3, -0.25) is 4.79 Å². The van der Waals surface area contributed by atoms with Gasteiger partial charge in [-0.2, -0.15) is 0 Å². The number of H-pyrrole nitrogens is 1. The summed E-state index contributed by atoms with van der Waals surface area (Å²) in [6, 6.07) is 0. The van der Waals surface area contributed by atoms with E-state index in [-0.39, 0.29) is 11.6 Å². The Bertz CT molecular complexity index is 459. The van der Waals surface area contributed by atoms with Crippen molar-refractivity contribution in [2.45, 2.75) is 12.3 Å². The number of halogens is 3. The van der Waals surface area contributed by atoms with Crippen LogP contribution in [0, 0.1) is 0 Å². The topological polar surface area (TPSA) is 59.2 Å². The first-order chi connectivity index (χ1) is 7.52. The van der Waals surface area contributed by atoms with Gasteiger partial charge in [-0.1, -0.05) is 0 Å². The van der Waals surface area contributed by atoms with E-state index in [4.69, 9.17) is 11.6 Å². The number of alkyl halides is 3. The smallest absolute Gasteiger partial charge is 0.343 e. The number of carbonyl (C=O) groups is 1. The molecule has 1 aromatic rings. The number of ether oxygens (including phenoxy) is 1. The Morgan fingerprint density at radius 2 is 2.25 bits per heavy atom. The molecule has 1 aromatic heterocycles. The minimum atomic E-state index is -2.96. The molecule has 7 heteroatoms. The predicted octanol–water partition coefficient (Wildman–Crippen LogP) is 1.84. The first-order valence-electron chi connectivity index (χ1n) is 4.19. The Labute approximate surface area is 94.2 Å². The second-order valence-corrected chi connectivity index (χ2v) is 3.12. The number of methoxy groups -OCH3 is 1. The Hall–Kier alpha value is -1.43. The molecule has 0 aliphatic rings. The van der Waals surface area contributed by atoms with Crippen molar-refractivity contribution in [1.82, 2.24) is 4.98 Å². The molecule has 0 saturated heterocycles. The standard InChI is InChI=1S/C9H8ClF2NO3/c1-16-9(15)6-5(2-10)13-3-4(7(6)14)8(11)12/h3,8H,2H2,1H3,(H,13,14). The van der Waals surface area contributed by atoms with Crippen molar-refractivity contribution in [3.05, 3.63) is 33.2 Å². The second kappa shape index (κ2) is 5.07. The molecule has 0 fully saturated rings. The number of pyridine rings is 1. The van der Waals surface area contributed by atoms with Gasteiger partial charge in [-0.25, -0.2) is 13.6 Å². The van der Waals surface area contributed by atoms with E-state index in [1.54, 1.807) is 0 Å². The number of nitrogens with one attached hydrogen (secondary N) is 1. The van der Waals surface area contributed by atoms with E-state index >= 15 is 0 Å². The highest BCUT2D eigenvalue weighted by Crippen LogP contribution is 2.16. The summed E-state index contributed by atoms with van der Waals surface area (Å²) in [5.41, 5.74) is -2.26.